The number of hydrogen-bond acceptors (Lipinski definition) is 7. The summed E-state index contributed by atoms with van der Waals surface area (Å²) in [6.07, 6.45) is 1.46. The molecule has 0 fully saturated rings. The molecule has 2 heterocycles. The van der Waals surface area contributed by atoms with Gasteiger partial charge < -0.3 is 14.6 Å². The summed E-state index contributed by atoms with van der Waals surface area (Å²) in [6.45, 7) is 5.76. The number of amidine groups is 1. The van der Waals surface area contributed by atoms with Crippen molar-refractivity contribution in [2.75, 3.05) is 31.3 Å². The maximum absolute atomic E-state index is 12.6. The lowest BCUT2D eigenvalue weighted by Gasteiger charge is -2.11. The van der Waals surface area contributed by atoms with Crippen LogP contribution >= 0.6 is 11.8 Å². The first kappa shape index (κ1) is 23.3. The number of nitrogens with one attached hydrogen (secondary N) is 2. The van der Waals surface area contributed by atoms with Gasteiger partial charge in [-0.1, -0.05) is 17.8 Å². The van der Waals surface area contributed by atoms with Crippen LogP contribution in [0.4, 0.5) is 5.69 Å². The number of ether oxygens (including phenoxy) is 1. The summed E-state index contributed by atoms with van der Waals surface area (Å²) in [5.41, 5.74) is 2.37. The number of anilines is 1. The minimum Gasteiger partial charge on any atom is -0.383 e. The maximum atomic E-state index is 12.6. The predicted molar refractivity (Wildman–Crippen MR) is 121 cm³/mol. The van der Waals surface area contributed by atoms with Crippen LogP contribution in [0.15, 0.2) is 39.3 Å². The average molecular weight is 466 g/mol. The molecule has 1 aliphatic rings. The number of rotatable bonds is 9. The number of amides is 1. The molecule has 2 aromatic rings. The van der Waals surface area contributed by atoms with Gasteiger partial charge in [-0.3, -0.25) is 14.5 Å². The normalized spacial score (nSPS) is 13.8. The topological polar surface area (TPSA) is 115 Å². The minimum atomic E-state index is -3.74. The fraction of sp³-hybridized carbons (Fsp3) is 0.450. The van der Waals surface area contributed by atoms with E-state index in [0.717, 1.165) is 23.0 Å². The number of aliphatic imine (C=N–C) groups is 1. The van der Waals surface area contributed by atoms with E-state index in [1.165, 1.54) is 23.9 Å². The van der Waals surface area contributed by atoms with Crippen LogP contribution in [0.1, 0.15) is 24.2 Å². The quantitative estimate of drug-likeness (QED) is 0.550. The van der Waals surface area contributed by atoms with Crippen molar-refractivity contribution in [2.24, 2.45) is 4.99 Å². The van der Waals surface area contributed by atoms with E-state index in [0.29, 0.717) is 37.6 Å². The number of methoxy groups -OCH3 is 1. The van der Waals surface area contributed by atoms with Crippen molar-refractivity contribution in [1.29, 1.82) is 0 Å². The molecule has 11 heteroatoms. The molecule has 0 spiro atoms. The molecule has 2 N–H and O–H groups in total. The highest BCUT2D eigenvalue weighted by atomic mass is 32.2. The zero-order valence-corrected chi connectivity index (χ0v) is 19.5. The highest BCUT2D eigenvalue weighted by Crippen LogP contribution is 2.22. The Morgan fingerprint density at radius 3 is 2.84 bits per heavy atom. The molecular weight excluding hydrogens is 438 g/mol. The van der Waals surface area contributed by atoms with Gasteiger partial charge >= 0.3 is 0 Å². The van der Waals surface area contributed by atoms with Crippen LogP contribution in [0.25, 0.3) is 0 Å². The molecule has 0 bridgehead atoms. The lowest BCUT2D eigenvalue weighted by Crippen LogP contribution is -2.29. The molecule has 1 amide bonds. The van der Waals surface area contributed by atoms with E-state index in [2.05, 4.69) is 20.0 Å². The van der Waals surface area contributed by atoms with Gasteiger partial charge in [0.25, 0.3) is 10.0 Å². The van der Waals surface area contributed by atoms with Gasteiger partial charge in [0, 0.05) is 38.0 Å². The van der Waals surface area contributed by atoms with E-state index >= 15 is 0 Å². The van der Waals surface area contributed by atoms with Crippen molar-refractivity contribution in [2.45, 2.75) is 43.3 Å². The third-order valence-electron chi connectivity index (χ3n) is 4.83. The summed E-state index contributed by atoms with van der Waals surface area (Å²) in [7, 11) is -2.09. The number of sulfonamides is 1. The summed E-state index contributed by atoms with van der Waals surface area (Å²) < 4.78 is 34.8. The van der Waals surface area contributed by atoms with Crippen molar-refractivity contribution in [3.63, 3.8) is 0 Å². The third kappa shape index (κ3) is 6.08. The molecular formula is C20H27N5O4S2. The summed E-state index contributed by atoms with van der Waals surface area (Å²) in [4.78, 5) is 21.2. The first-order valence-corrected chi connectivity index (χ1v) is 12.4. The van der Waals surface area contributed by atoms with Gasteiger partial charge in [0.15, 0.2) is 5.16 Å². The number of aromatic nitrogens is 2. The van der Waals surface area contributed by atoms with Gasteiger partial charge in [-0.2, -0.15) is 0 Å². The van der Waals surface area contributed by atoms with Crippen LogP contribution in [0.2, 0.25) is 0 Å². The second kappa shape index (κ2) is 10.3. The van der Waals surface area contributed by atoms with Crippen LogP contribution in [0.5, 0.6) is 0 Å². The van der Waals surface area contributed by atoms with E-state index in [1.807, 2.05) is 18.4 Å². The summed E-state index contributed by atoms with van der Waals surface area (Å²) in [6, 6.07) is 6.18. The molecule has 168 valence electrons. The zero-order valence-electron chi connectivity index (χ0n) is 17.8. The molecule has 3 rings (SSSR count). The van der Waals surface area contributed by atoms with Crippen LogP contribution in [0.3, 0.4) is 0 Å². The van der Waals surface area contributed by atoms with Gasteiger partial charge in [-0.25, -0.2) is 13.4 Å². The fourth-order valence-electron chi connectivity index (χ4n) is 3.08. The lowest BCUT2D eigenvalue weighted by atomic mass is 10.3. The molecule has 0 radical (unpaired) electrons. The van der Waals surface area contributed by atoms with Crippen molar-refractivity contribution < 1.29 is 17.9 Å². The van der Waals surface area contributed by atoms with Crippen molar-refractivity contribution in [1.82, 2.24) is 14.3 Å². The molecule has 0 saturated heterocycles. The van der Waals surface area contributed by atoms with E-state index in [-0.39, 0.29) is 16.6 Å². The van der Waals surface area contributed by atoms with Crippen LogP contribution < -0.4 is 10.0 Å². The zero-order chi connectivity index (χ0) is 22.4. The maximum Gasteiger partial charge on any atom is 0.262 e. The van der Waals surface area contributed by atoms with Gasteiger partial charge in [-0.15, -0.1) is 0 Å². The van der Waals surface area contributed by atoms with Gasteiger partial charge in [-0.05, 0) is 38.5 Å². The summed E-state index contributed by atoms with van der Waals surface area (Å²) in [5.74, 6) is 0.374. The molecule has 1 aliphatic heterocycles. The average Bonchev–Trinajstić information content (AvgIpc) is 3.33. The molecule has 1 aromatic carbocycles. The van der Waals surface area contributed by atoms with Gasteiger partial charge in [0.2, 0.25) is 5.91 Å². The molecule has 0 aliphatic carbocycles. The van der Waals surface area contributed by atoms with E-state index in [1.54, 1.807) is 19.2 Å². The Morgan fingerprint density at radius 2 is 2.13 bits per heavy atom. The second-order valence-electron chi connectivity index (χ2n) is 7.11. The summed E-state index contributed by atoms with van der Waals surface area (Å²) >= 11 is 1.33. The molecule has 9 nitrogen and oxygen atoms in total. The van der Waals surface area contributed by atoms with Crippen molar-refractivity contribution in [3.05, 3.63) is 35.7 Å². The van der Waals surface area contributed by atoms with E-state index in [4.69, 9.17) is 4.74 Å². The summed E-state index contributed by atoms with van der Waals surface area (Å²) in [5, 5.41) is 3.51. The smallest absolute Gasteiger partial charge is 0.262 e. The van der Waals surface area contributed by atoms with Gasteiger partial charge in [0.1, 0.15) is 5.84 Å². The molecule has 0 atom stereocenters. The van der Waals surface area contributed by atoms with E-state index in [9.17, 15) is 13.2 Å². The number of benzene rings is 1. The van der Waals surface area contributed by atoms with Crippen LogP contribution in [0, 0.1) is 13.8 Å². The number of imidazole rings is 1. The van der Waals surface area contributed by atoms with Crippen molar-refractivity contribution >= 4 is 39.2 Å². The van der Waals surface area contributed by atoms with Crippen molar-refractivity contribution in [3.8, 4) is 0 Å². The second-order valence-corrected chi connectivity index (χ2v) is 9.74. The molecule has 0 saturated carbocycles. The monoisotopic (exact) mass is 465 g/mol. The minimum absolute atomic E-state index is 0.0777. The molecule has 31 heavy (non-hydrogen) atoms. The highest BCUT2D eigenvalue weighted by molar-refractivity contribution is 7.99. The Kier molecular flexibility index (Phi) is 7.74. The number of aryl methyl sites for hydroxylation is 1. The molecule has 0 unspecified atom stereocenters. The first-order valence-electron chi connectivity index (χ1n) is 9.91. The largest absolute Gasteiger partial charge is 0.383 e. The SMILES string of the molecule is COCCn1c(SCC(=O)Nc2cccc(S(=O)(=O)NC3=NCCC3)c2)nc(C)c1C. The third-order valence-corrected chi connectivity index (χ3v) is 7.18. The Bertz CT molecular complexity index is 1080. The lowest BCUT2D eigenvalue weighted by molar-refractivity contribution is -0.113. The highest BCUT2D eigenvalue weighted by Gasteiger charge is 2.19. The number of nitrogens with zero attached hydrogens (tertiary/aromatic N) is 3. The molecule has 1 aromatic heterocycles. The number of carbonyl (C=O) groups is 1. The van der Waals surface area contributed by atoms with Gasteiger partial charge in [0.05, 0.1) is 22.9 Å². The van der Waals surface area contributed by atoms with Crippen LogP contribution in [-0.2, 0) is 26.1 Å². The first-order chi connectivity index (χ1) is 14.8. The number of thioether (sulfide) groups is 1. The Labute approximate surface area is 186 Å². The predicted octanol–water partition coefficient (Wildman–Crippen LogP) is 2.35. The fourth-order valence-corrected chi connectivity index (χ4v) is 5.14. The number of hydrogen-bond donors (Lipinski definition) is 2. The van der Waals surface area contributed by atoms with E-state index < -0.39 is 10.0 Å². The Balaban J connectivity index is 1.63. The van der Waals surface area contributed by atoms with Crippen LogP contribution in [-0.4, -0.2) is 55.7 Å². The number of carbonyl (C=O) groups excluding carboxylic acids is 1. The Hall–Kier alpha value is -2.37. The standard InChI is InChI=1S/C20H27N5O4S2/c1-14-15(2)25(10-11-29-3)20(22-14)30-13-19(26)23-16-6-4-7-17(12-16)31(27,28)24-18-8-5-9-21-18/h4,6-7,12H,5,8-11,13H2,1-3H3,(H,21,24)(H,23,26). The Morgan fingerprint density at radius 1 is 1.32 bits per heavy atom.